The van der Waals surface area contributed by atoms with Crippen LogP contribution in [0, 0.1) is 0 Å². The van der Waals surface area contributed by atoms with Gasteiger partial charge in [-0.2, -0.15) is 0 Å². The molecule has 0 saturated carbocycles. The van der Waals surface area contributed by atoms with E-state index >= 15 is 0 Å². The second kappa shape index (κ2) is 5.17. The highest BCUT2D eigenvalue weighted by Crippen LogP contribution is 2.46. The van der Waals surface area contributed by atoms with Crippen LogP contribution in [0.1, 0.15) is 39.5 Å². The van der Waals surface area contributed by atoms with E-state index in [0.717, 1.165) is 26.7 Å². The van der Waals surface area contributed by atoms with Gasteiger partial charge in [0.1, 0.15) is 0 Å². The second-order valence-corrected chi connectivity index (χ2v) is 6.97. The summed E-state index contributed by atoms with van der Waals surface area (Å²) in [7, 11) is 0. The molecule has 0 fully saturated rings. The van der Waals surface area contributed by atoms with Crippen LogP contribution in [-0.2, 0) is 5.41 Å². The van der Waals surface area contributed by atoms with E-state index in [-0.39, 0.29) is 11.2 Å². The van der Waals surface area contributed by atoms with E-state index in [4.69, 9.17) is 0 Å². The lowest BCUT2D eigenvalue weighted by atomic mass is 9.64. The Morgan fingerprint density at radius 1 is 0.783 bits per heavy atom. The van der Waals surface area contributed by atoms with Crippen molar-refractivity contribution in [1.29, 1.82) is 0 Å². The first kappa shape index (κ1) is 14.4. The Hall–Kier alpha value is -2.19. The number of carbonyl (C=O) groups excluding carboxylic acids is 1. The van der Waals surface area contributed by atoms with Gasteiger partial charge in [0, 0.05) is 21.0 Å². The lowest BCUT2D eigenvalue weighted by molar-refractivity contribution is 0.103. The van der Waals surface area contributed by atoms with Crippen LogP contribution < -0.4 is 0 Å². The molecule has 3 aromatic carbocycles. The van der Waals surface area contributed by atoms with Crippen LogP contribution in [0.25, 0.3) is 0 Å². The van der Waals surface area contributed by atoms with Crippen molar-refractivity contribution >= 4 is 21.7 Å². The van der Waals surface area contributed by atoms with Crippen molar-refractivity contribution in [3.63, 3.8) is 0 Å². The molecule has 0 N–H and O–H groups in total. The Labute approximate surface area is 144 Å². The van der Waals surface area contributed by atoms with E-state index in [9.17, 15) is 4.79 Å². The first-order valence-corrected chi connectivity index (χ1v) is 8.41. The smallest absolute Gasteiger partial charge is 0.193 e. The number of hydrogen-bond acceptors (Lipinski definition) is 1. The predicted octanol–water partition coefficient (Wildman–Crippen LogP) is 5.35. The van der Waals surface area contributed by atoms with Crippen LogP contribution in [0.15, 0.2) is 77.3 Å². The average Bonchev–Trinajstić information content (AvgIpc) is 2.60. The fourth-order valence-electron chi connectivity index (χ4n) is 3.62. The molecule has 4 rings (SSSR count). The lowest BCUT2D eigenvalue weighted by Gasteiger charge is -2.38. The maximum atomic E-state index is 12.9. The number of carbonyl (C=O) groups is 1. The zero-order valence-corrected chi connectivity index (χ0v) is 14.3. The first-order chi connectivity index (χ1) is 11.1. The van der Waals surface area contributed by atoms with Crippen LogP contribution in [0.4, 0.5) is 0 Å². The fraction of sp³-hybridized carbons (Fsp3) is 0.0952. The van der Waals surface area contributed by atoms with Gasteiger partial charge in [-0.1, -0.05) is 70.5 Å². The van der Waals surface area contributed by atoms with Gasteiger partial charge in [0.15, 0.2) is 5.78 Å². The molecule has 2 heteroatoms. The number of halogens is 1. The van der Waals surface area contributed by atoms with Gasteiger partial charge in [-0.25, -0.2) is 0 Å². The zero-order chi connectivity index (χ0) is 16.0. The first-order valence-electron chi connectivity index (χ1n) is 7.62. The van der Waals surface area contributed by atoms with Crippen molar-refractivity contribution in [3.8, 4) is 0 Å². The quantitative estimate of drug-likeness (QED) is 0.570. The monoisotopic (exact) mass is 362 g/mol. The molecule has 0 aliphatic heterocycles. The summed E-state index contributed by atoms with van der Waals surface area (Å²) < 4.78 is 0.991. The standard InChI is InChI=1S/C21H15BrO/c1-21(14-7-3-2-4-8-14)18-10-6-5-9-16(18)20(23)17-12-11-15(22)13-19(17)21/h2-13H,1H3. The molecule has 112 valence electrons. The van der Waals surface area contributed by atoms with E-state index < -0.39 is 0 Å². The fourth-order valence-corrected chi connectivity index (χ4v) is 3.98. The Morgan fingerprint density at radius 3 is 2.22 bits per heavy atom. The van der Waals surface area contributed by atoms with E-state index in [1.165, 1.54) is 5.56 Å². The Bertz CT molecular complexity index is 914. The molecule has 1 nitrogen and oxygen atoms in total. The van der Waals surface area contributed by atoms with Gasteiger partial charge in [0.05, 0.1) is 0 Å². The molecule has 0 radical (unpaired) electrons. The maximum absolute atomic E-state index is 12.9. The van der Waals surface area contributed by atoms with Gasteiger partial charge >= 0.3 is 0 Å². The summed E-state index contributed by atoms with van der Waals surface area (Å²) in [6, 6.07) is 24.3. The molecule has 1 aliphatic rings. The van der Waals surface area contributed by atoms with E-state index in [1.54, 1.807) is 0 Å². The largest absolute Gasteiger partial charge is 0.289 e. The molecule has 0 spiro atoms. The van der Waals surface area contributed by atoms with Gasteiger partial charge in [-0.3, -0.25) is 4.79 Å². The summed E-state index contributed by atoms with van der Waals surface area (Å²) in [5, 5.41) is 0. The molecule has 1 atom stereocenters. The maximum Gasteiger partial charge on any atom is 0.193 e. The molecule has 23 heavy (non-hydrogen) atoms. The number of ketones is 1. The highest BCUT2D eigenvalue weighted by atomic mass is 79.9. The van der Waals surface area contributed by atoms with E-state index in [0.29, 0.717) is 0 Å². The third-order valence-electron chi connectivity index (χ3n) is 4.83. The molecule has 0 aromatic heterocycles. The summed E-state index contributed by atoms with van der Waals surface area (Å²) in [5.41, 5.74) is 4.57. The number of benzene rings is 3. The second-order valence-electron chi connectivity index (χ2n) is 6.06. The third-order valence-corrected chi connectivity index (χ3v) is 5.32. The van der Waals surface area contributed by atoms with Gasteiger partial charge in [-0.05, 0) is 41.8 Å². The number of hydrogen-bond donors (Lipinski definition) is 0. The van der Waals surface area contributed by atoms with Crippen molar-refractivity contribution in [2.45, 2.75) is 12.3 Å². The van der Waals surface area contributed by atoms with Gasteiger partial charge in [0.2, 0.25) is 0 Å². The molecule has 1 aliphatic carbocycles. The third kappa shape index (κ3) is 2.02. The molecule has 3 aromatic rings. The van der Waals surface area contributed by atoms with Crippen molar-refractivity contribution < 1.29 is 4.79 Å². The van der Waals surface area contributed by atoms with Crippen molar-refractivity contribution in [2.75, 3.05) is 0 Å². The molecule has 0 saturated heterocycles. The van der Waals surface area contributed by atoms with Crippen LogP contribution in [0.2, 0.25) is 0 Å². The normalized spacial score (nSPS) is 19.1. The minimum Gasteiger partial charge on any atom is -0.289 e. The summed E-state index contributed by atoms with van der Waals surface area (Å²) in [4.78, 5) is 12.9. The molecular weight excluding hydrogens is 348 g/mol. The Morgan fingerprint density at radius 2 is 1.43 bits per heavy atom. The van der Waals surface area contributed by atoms with Crippen molar-refractivity contribution in [2.24, 2.45) is 0 Å². The Balaban J connectivity index is 2.12. The highest BCUT2D eigenvalue weighted by molar-refractivity contribution is 9.10. The number of rotatable bonds is 1. The van der Waals surface area contributed by atoms with Crippen LogP contribution in [0.3, 0.4) is 0 Å². The van der Waals surface area contributed by atoms with Crippen molar-refractivity contribution in [3.05, 3.63) is 105 Å². The minimum absolute atomic E-state index is 0.108. The van der Waals surface area contributed by atoms with Gasteiger partial charge < -0.3 is 0 Å². The summed E-state index contributed by atoms with van der Waals surface area (Å²) in [5.74, 6) is 0.108. The van der Waals surface area contributed by atoms with E-state index in [1.807, 2.05) is 36.4 Å². The molecule has 0 heterocycles. The van der Waals surface area contributed by atoms with Crippen molar-refractivity contribution in [1.82, 2.24) is 0 Å². The Kier molecular flexibility index (Phi) is 3.24. The SMILES string of the molecule is CC1(c2ccccc2)c2ccccc2C(=O)c2ccc(Br)cc21. The zero-order valence-electron chi connectivity index (χ0n) is 12.7. The highest BCUT2D eigenvalue weighted by Gasteiger charge is 2.41. The lowest BCUT2D eigenvalue weighted by Crippen LogP contribution is -2.34. The number of fused-ring (bicyclic) bond motifs is 2. The molecule has 0 amide bonds. The van der Waals surface area contributed by atoms with Gasteiger partial charge in [0.25, 0.3) is 0 Å². The summed E-state index contributed by atoms with van der Waals surface area (Å²) in [6.45, 7) is 2.21. The molecule has 1 unspecified atom stereocenters. The van der Waals surface area contributed by atoms with Crippen LogP contribution >= 0.6 is 15.9 Å². The van der Waals surface area contributed by atoms with Crippen LogP contribution in [0.5, 0.6) is 0 Å². The summed E-state index contributed by atoms with van der Waals surface area (Å²) >= 11 is 3.56. The summed E-state index contributed by atoms with van der Waals surface area (Å²) in [6.07, 6.45) is 0. The molecule has 0 bridgehead atoms. The molecular formula is C21H15BrO. The van der Waals surface area contributed by atoms with Gasteiger partial charge in [-0.15, -0.1) is 0 Å². The predicted molar refractivity (Wildman–Crippen MR) is 96.0 cm³/mol. The topological polar surface area (TPSA) is 17.1 Å². The minimum atomic E-state index is -0.342. The van der Waals surface area contributed by atoms with E-state index in [2.05, 4.69) is 59.3 Å². The average molecular weight is 363 g/mol. The van der Waals surface area contributed by atoms with Crippen LogP contribution in [-0.4, -0.2) is 5.78 Å².